The normalized spacial score (nSPS) is 12.5. The van der Waals surface area contributed by atoms with E-state index in [-0.39, 0.29) is 11.8 Å². The number of hydrogen-bond donors (Lipinski definition) is 1. The van der Waals surface area contributed by atoms with Crippen molar-refractivity contribution in [3.8, 4) is 11.1 Å². The molecule has 0 atom stereocenters. The van der Waals surface area contributed by atoms with Crippen LogP contribution in [0, 0.1) is 0 Å². The number of nitrogens with one attached hydrogen (secondary N) is 1. The summed E-state index contributed by atoms with van der Waals surface area (Å²) in [4.78, 5) is 29.8. The third-order valence-electron chi connectivity index (χ3n) is 5.86. The van der Waals surface area contributed by atoms with E-state index >= 15 is 0 Å². The molecule has 0 fully saturated rings. The van der Waals surface area contributed by atoms with E-state index in [0.717, 1.165) is 26.6 Å². The fourth-order valence-corrected chi connectivity index (χ4v) is 5.17. The SMILES string of the molecule is COCCN1C(=O)c2ccccc2Sc2cc(NC(=O)c3ccc(-c4ccccc4)cc3)ccc21. The molecule has 0 saturated carbocycles. The van der Waals surface area contributed by atoms with E-state index in [1.54, 1.807) is 12.0 Å². The Bertz CT molecular complexity index is 1370. The van der Waals surface area contributed by atoms with Crippen molar-refractivity contribution in [3.05, 3.63) is 108 Å². The lowest BCUT2D eigenvalue weighted by molar-refractivity contribution is 0.0972. The fraction of sp³-hybridized carbons (Fsp3) is 0.103. The van der Waals surface area contributed by atoms with E-state index in [2.05, 4.69) is 5.32 Å². The number of ether oxygens (including phenoxy) is 1. The zero-order valence-corrected chi connectivity index (χ0v) is 20.0. The van der Waals surface area contributed by atoms with Crippen molar-refractivity contribution in [1.29, 1.82) is 0 Å². The van der Waals surface area contributed by atoms with Crippen LogP contribution in [-0.2, 0) is 4.74 Å². The van der Waals surface area contributed by atoms with Gasteiger partial charge in [-0.05, 0) is 53.6 Å². The molecule has 0 bridgehead atoms. The third kappa shape index (κ3) is 4.85. The highest BCUT2D eigenvalue weighted by Crippen LogP contribution is 2.42. The second-order valence-corrected chi connectivity index (χ2v) is 9.21. The van der Waals surface area contributed by atoms with Gasteiger partial charge in [0.05, 0.1) is 17.9 Å². The number of benzene rings is 4. The predicted octanol–water partition coefficient (Wildman–Crippen LogP) is 6.36. The van der Waals surface area contributed by atoms with E-state index < -0.39 is 0 Å². The van der Waals surface area contributed by atoms with Crippen LogP contribution in [-0.4, -0.2) is 32.1 Å². The van der Waals surface area contributed by atoms with Crippen LogP contribution in [0.25, 0.3) is 11.1 Å². The molecule has 4 aromatic rings. The standard InChI is InChI=1S/C29H24N2O3S/c1-34-18-17-31-25-16-15-23(19-27(25)35-26-10-6-5-9-24(26)29(31)33)30-28(32)22-13-11-21(12-14-22)20-7-3-2-4-8-20/h2-16,19H,17-18H2,1H3,(H,30,32). The molecule has 0 aliphatic carbocycles. The van der Waals surface area contributed by atoms with Gasteiger partial charge in [0.2, 0.25) is 0 Å². The fourth-order valence-electron chi connectivity index (χ4n) is 4.05. The number of carbonyl (C=O) groups excluding carboxylic acids is 2. The van der Waals surface area contributed by atoms with Crippen molar-refractivity contribution in [2.24, 2.45) is 0 Å². The number of hydrogen-bond acceptors (Lipinski definition) is 4. The largest absolute Gasteiger partial charge is 0.383 e. The van der Waals surface area contributed by atoms with E-state index in [1.165, 1.54) is 11.8 Å². The number of amides is 2. The summed E-state index contributed by atoms with van der Waals surface area (Å²) in [5.74, 6) is -0.241. The molecule has 1 aliphatic rings. The maximum absolute atomic E-state index is 13.3. The Kier molecular flexibility index (Phi) is 6.66. The van der Waals surface area contributed by atoms with Crippen molar-refractivity contribution in [1.82, 2.24) is 0 Å². The topological polar surface area (TPSA) is 58.6 Å². The molecule has 1 aliphatic heterocycles. The molecule has 5 nitrogen and oxygen atoms in total. The molecule has 174 valence electrons. The summed E-state index contributed by atoms with van der Waals surface area (Å²) in [7, 11) is 1.62. The zero-order chi connectivity index (χ0) is 24.2. The molecular formula is C29H24N2O3S. The molecule has 0 radical (unpaired) electrons. The highest BCUT2D eigenvalue weighted by atomic mass is 32.2. The quantitative estimate of drug-likeness (QED) is 0.349. The molecule has 2 amide bonds. The molecule has 0 spiro atoms. The lowest BCUT2D eigenvalue weighted by Crippen LogP contribution is -2.33. The van der Waals surface area contributed by atoms with Gasteiger partial charge in [-0.25, -0.2) is 0 Å². The summed E-state index contributed by atoms with van der Waals surface area (Å²) in [6, 6.07) is 30.8. The number of methoxy groups -OCH3 is 1. The molecular weight excluding hydrogens is 456 g/mol. The van der Waals surface area contributed by atoms with Crippen LogP contribution >= 0.6 is 11.8 Å². The van der Waals surface area contributed by atoms with E-state index in [1.807, 2.05) is 97.1 Å². The van der Waals surface area contributed by atoms with Crippen molar-refractivity contribution < 1.29 is 14.3 Å². The van der Waals surface area contributed by atoms with E-state index in [4.69, 9.17) is 4.74 Å². The smallest absolute Gasteiger partial charge is 0.259 e. The van der Waals surface area contributed by atoms with Gasteiger partial charge in [0, 0.05) is 34.7 Å². The van der Waals surface area contributed by atoms with E-state index in [0.29, 0.717) is 30.0 Å². The van der Waals surface area contributed by atoms with Gasteiger partial charge in [0.15, 0.2) is 0 Å². The average Bonchev–Trinajstić information content (AvgIpc) is 3.01. The molecule has 6 heteroatoms. The summed E-state index contributed by atoms with van der Waals surface area (Å²) in [5, 5.41) is 3.00. The first-order chi connectivity index (χ1) is 17.1. The highest BCUT2D eigenvalue weighted by molar-refractivity contribution is 7.99. The number of carbonyl (C=O) groups is 2. The molecule has 1 heterocycles. The van der Waals surface area contributed by atoms with Gasteiger partial charge in [-0.1, -0.05) is 66.4 Å². The number of anilines is 2. The van der Waals surface area contributed by atoms with Crippen molar-refractivity contribution >= 4 is 35.0 Å². The Labute approximate surface area is 208 Å². The van der Waals surface area contributed by atoms with Crippen LogP contribution in [0.4, 0.5) is 11.4 Å². The first-order valence-corrected chi connectivity index (χ1v) is 12.1. The minimum absolute atomic E-state index is 0.0563. The Morgan fingerprint density at radius 3 is 2.34 bits per heavy atom. The summed E-state index contributed by atoms with van der Waals surface area (Å²) in [5.41, 5.74) is 4.88. The molecule has 4 aromatic carbocycles. The number of rotatable bonds is 6. The molecule has 35 heavy (non-hydrogen) atoms. The van der Waals surface area contributed by atoms with Crippen LogP contribution in [0.15, 0.2) is 107 Å². The van der Waals surface area contributed by atoms with Crippen LogP contribution in [0.5, 0.6) is 0 Å². The molecule has 0 saturated heterocycles. The van der Waals surface area contributed by atoms with Crippen molar-refractivity contribution in [2.45, 2.75) is 9.79 Å². The Hall–Kier alpha value is -3.87. The third-order valence-corrected chi connectivity index (χ3v) is 6.99. The van der Waals surface area contributed by atoms with Crippen LogP contribution in [0.2, 0.25) is 0 Å². The van der Waals surface area contributed by atoms with Gasteiger partial charge in [-0.3, -0.25) is 9.59 Å². The summed E-state index contributed by atoms with van der Waals surface area (Å²) in [6.07, 6.45) is 0. The maximum atomic E-state index is 13.3. The Balaban J connectivity index is 1.40. The average molecular weight is 481 g/mol. The maximum Gasteiger partial charge on any atom is 0.259 e. The Morgan fingerprint density at radius 1 is 0.857 bits per heavy atom. The monoisotopic (exact) mass is 480 g/mol. The molecule has 0 unspecified atom stereocenters. The summed E-state index contributed by atoms with van der Waals surface area (Å²) in [6.45, 7) is 0.867. The van der Waals surface area contributed by atoms with Gasteiger partial charge < -0.3 is 15.0 Å². The van der Waals surface area contributed by atoms with Crippen LogP contribution in [0.3, 0.4) is 0 Å². The number of nitrogens with zero attached hydrogens (tertiary/aromatic N) is 1. The van der Waals surface area contributed by atoms with Gasteiger partial charge in [-0.15, -0.1) is 0 Å². The second kappa shape index (κ2) is 10.2. The summed E-state index contributed by atoms with van der Waals surface area (Å²) >= 11 is 1.53. The van der Waals surface area contributed by atoms with Crippen LogP contribution in [0.1, 0.15) is 20.7 Å². The van der Waals surface area contributed by atoms with E-state index in [9.17, 15) is 9.59 Å². The van der Waals surface area contributed by atoms with Gasteiger partial charge in [0.25, 0.3) is 11.8 Å². The predicted molar refractivity (Wildman–Crippen MR) is 140 cm³/mol. The summed E-state index contributed by atoms with van der Waals surface area (Å²) < 4.78 is 5.24. The minimum Gasteiger partial charge on any atom is -0.383 e. The van der Waals surface area contributed by atoms with Crippen molar-refractivity contribution in [2.75, 3.05) is 30.5 Å². The van der Waals surface area contributed by atoms with Gasteiger partial charge in [0.1, 0.15) is 0 Å². The lowest BCUT2D eigenvalue weighted by atomic mass is 10.0. The highest BCUT2D eigenvalue weighted by Gasteiger charge is 2.27. The molecule has 1 N–H and O–H groups in total. The van der Waals surface area contributed by atoms with Crippen molar-refractivity contribution in [3.63, 3.8) is 0 Å². The zero-order valence-electron chi connectivity index (χ0n) is 19.2. The second-order valence-electron chi connectivity index (χ2n) is 8.13. The first kappa shape index (κ1) is 22.9. The van der Waals surface area contributed by atoms with Gasteiger partial charge >= 0.3 is 0 Å². The Morgan fingerprint density at radius 2 is 1.57 bits per heavy atom. The van der Waals surface area contributed by atoms with Gasteiger partial charge in [-0.2, -0.15) is 0 Å². The first-order valence-electron chi connectivity index (χ1n) is 11.3. The van der Waals surface area contributed by atoms with Crippen LogP contribution < -0.4 is 10.2 Å². The minimum atomic E-state index is -0.184. The molecule has 5 rings (SSSR count). The molecule has 0 aromatic heterocycles. The lowest BCUT2D eigenvalue weighted by Gasteiger charge is -2.23. The number of fused-ring (bicyclic) bond motifs is 2.